The summed E-state index contributed by atoms with van der Waals surface area (Å²) in [6.45, 7) is 2.43. The number of anilines is 2. The maximum absolute atomic E-state index is 14.2. The molecule has 6 nitrogen and oxygen atoms in total. The number of benzene rings is 2. The number of aromatic nitrogens is 3. The molecule has 0 amide bonds. The number of nitrogens with one attached hydrogen (secondary N) is 1. The molecule has 28 heavy (non-hydrogen) atoms. The normalized spacial score (nSPS) is 10.8. The molecule has 2 heterocycles. The Morgan fingerprint density at radius 3 is 2.75 bits per heavy atom. The zero-order valence-electron chi connectivity index (χ0n) is 15.1. The summed E-state index contributed by atoms with van der Waals surface area (Å²) >= 11 is 0. The van der Waals surface area contributed by atoms with Crippen molar-refractivity contribution in [1.29, 1.82) is 0 Å². The van der Waals surface area contributed by atoms with Crippen molar-refractivity contribution in [2.24, 2.45) is 0 Å². The van der Waals surface area contributed by atoms with Gasteiger partial charge in [0.25, 0.3) is 0 Å². The van der Waals surface area contributed by atoms with Gasteiger partial charge in [-0.1, -0.05) is 6.07 Å². The highest BCUT2D eigenvalue weighted by Gasteiger charge is 2.14. The van der Waals surface area contributed by atoms with Crippen molar-refractivity contribution in [2.45, 2.75) is 6.92 Å². The van der Waals surface area contributed by atoms with Gasteiger partial charge in [-0.25, -0.2) is 15.0 Å². The third-order valence-electron chi connectivity index (χ3n) is 4.09. The molecule has 0 aliphatic rings. The van der Waals surface area contributed by atoms with E-state index in [0.29, 0.717) is 34.8 Å². The van der Waals surface area contributed by atoms with E-state index in [-0.39, 0.29) is 17.1 Å². The summed E-state index contributed by atoms with van der Waals surface area (Å²) < 4.78 is 19.8. The number of aromatic hydroxyl groups is 1. The van der Waals surface area contributed by atoms with Gasteiger partial charge >= 0.3 is 0 Å². The Labute approximate surface area is 160 Å². The van der Waals surface area contributed by atoms with E-state index < -0.39 is 5.95 Å². The molecule has 2 N–H and O–H groups in total. The third-order valence-corrected chi connectivity index (χ3v) is 4.09. The summed E-state index contributed by atoms with van der Waals surface area (Å²) in [5, 5.41) is 13.6. The van der Waals surface area contributed by atoms with E-state index in [0.717, 1.165) is 0 Å². The topological polar surface area (TPSA) is 80.2 Å². The average molecular weight is 376 g/mol. The number of ether oxygens (including phenoxy) is 1. The highest BCUT2D eigenvalue weighted by Crippen LogP contribution is 2.31. The summed E-state index contributed by atoms with van der Waals surface area (Å²) in [5.74, 6) is 0.839. The van der Waals surface area contributed by atoms with E-state index in [1.54, 1.807) is 48.5 Å². The van der Waals surface area contributed by atoms with Gasteiger partial charge in [0.15, 0.2) is 5.82 Å². The molecule has 0 unspecified atom stereocenters. The lowest BCUT2D eigenvalue weighted by atomic mass is 10.2. The van der Waals surface area contributed by atoms with Crippen molar-refractivity contribution in [3.05, 3.63) is 66.7 Å². The number of fused-ring (bicyclic) bond motifs is 1. The molecular weight excluding hydrogens is 359 g/mol. The van der Waals surface area contributed by atoms with E-state index in [2.05, 4.69) is 20.3 Å². The lowest BCUT2D eigenvalue weighted by molar-refractivity contribution is 0.340. The summed E-state index contributed by atoms with van der Waals surface area (Å²) in [5.41, 5.74) is 1.47. The van der Waals surface area contributed by atoms with Gasteiger partial charge in [-0.3, -0.25) is 0 Å². The Kier molecular flexibility index (Phi) is 4.72. The van der Waals surface area contributed by atoms with Crippen LogP contribution in [0.1, 0.15) is 6.92 Å². The predicted molar refractivity (Wildman–Crippen MR) is 105 cm³/mol. The molecule has 0 saturated carbocycles. The van der Waals surface area contributed by atoms with E-state index >= 15 is 0 Å². The lowest BCUT2D eigenvalue weighted by Crippen LogP contribution is -2.01. The summed E-state index contributed by atoms with van der Waals surface area (Å²) in [6.07, 6.45) is 1.38. The lowest BCUT2D eigenvalue weighted by Gasteiger charge is -2.13. The van der Waals surface area contributed by atoms with Crippen LogP contribution in [-0.2, 0) is 0 Å². The predicted octanol–water partition coefficient (Wildman–Crippen LogP) is 4.68. The molecular formula is C21H17FN4O2. The van der Waals surface area contributed by atoms with Crippen molar-refractivity contribution in [1.82, 2.24) is 15.0 Å². The van der Waals surface area contributed by atoms with Crippen molar-refractivity contribution < 1.29 is 14.2 Å². The van der Waals surface area contributed by atoms with Crippen LogP contribution in [0.5, 0.6) is 11.5 Å². The number of phenols is 1. The van der Waals surface area contributed by atoms with Crippen LogP contribution < -0.4 is 10.1 Å². The Balaban J connectivity index is 1.89. The van der Waals surface area contributed by atoms with Gasteiger partial charge in [0.05, 0.1) is 17.7 Å². The second-order valence-electron chi connectivity index (χ2n) is 6.02. The van der Waals surface area contributed by atoms with E-state index in [1.165, 1.54) is 6.20 Å². The number of halogens is 1. The third kappa shape index (κ3) is 3.55. The molecule has 7 heteroatoms. The molecule has 4 aromatic rings. The smallest absolute Gasteiger partial charge is 0.223 e. The molecule has 140 valence electrons. The van der Waals surface area contributed by atoms with Gasteiger partial charge in [-0.05, 0) is 49.4 Å². The van der Waals surface area contributed by atoms with Crippen molar-refractivity contribution in [3.63, 3.8) is 0 Å². The largest absolute Gasteiger partial charge is 0.508 e. The number of hydrogen-bond donors (Lipinski definition) is 2. The first kappa shape index (κ1) is 17.7. The second kappa shape index (κ2) is 7.48. The highest BCUT2D eigenvalue weighted by molar-refractivity contribution is 5.93. The van der Waals surface area contributed by atoms with Gasteiger partial charge in [-0.2, -0.15) is 4.39 Å². The number of phenolic OH excluding ortho intramolecular Hbond substituents is 1. The monoisotopic (exact) mass is 376 g/mol. The van der Waals surface area contributed by atoms with Crippen LogP contribution in [0.3, 0.4) is 0 Å². The van der Waals surface area contributed by atoms with Gasteiger partial charge in [0.1, 0.15) is 17.3 Å². The van der Waals surface area contributed by atoms with E-state index in [9.17, 15) is 9.50 Å². The Morgan fingerprint density at radius 2 is 1.96 bits per heavy atom. The molecule has 2 aromatic heterocycles. The molecule has 0 saturated heterocycles. The Morgan fingerprint density at radius 1 is 1.07 bits per heavy atom. The maximum atomic E-state index is 14.2. The molecule has 0 aliphatic heterocycles. The van der Waals surface area contributed by atoms with Crippen LogP contribution >= 0.6 is 0 Å². The van der Waals surface area contributed by atoms with Gasteiger partial charge in [0.2, 0.25) is 5.95 Å². The first-order valence-electron chi connectivity index (χ1n) is 8.75. The Hall–Kier alpha value is -3.74. The van der Waals surface area contributed by atoms with Crippen molar-refractivity contribution >= 4 is 22.4 Å². The fourth-order valence-electron chi connectivity index (χ4n) is 2.85. The molecule has 0 spiro atoms. The minimum absolute atomic E-state index is 0.122. The van der Waals surface area contributed by atoms with Crippen LogP contribution in [0.4, 0.5) is 15.9 Å². The molecule has 4 rings (SSSR count). The number of rotatable bonds is 5. The standard InChI is InChI=1S/C21H17FN4O2/c1-2-28-15-8-9-18-17(12-15)21(24-13-5-3-6-14(27)11-13)26-20(25-18)16-7-4-10-23-19(16)22/h3-12,27H,2H2,1H3,(H,24,25,26). The first-order chi connectivity index (χ1) is 13.6. The average Bonchev–Trinajstić information content (AvgIpc) is 2.69. The SMILES string of the molecule is CCOc1ccc2nc(-c3cccnc3F)nc(Nc3cccc(O)c3)c2c1. The Bertz CT molecular complexity index is 1150. The van der Waals surface area contributed by atoms with Crippen LogP contribution in [0, 0.1) is 5.95 Å². The molecule has 0 aliphatic carbocycles. The quantitative estimate of drug-likeness (QED) is 0.492. The van der Waals surface area contributed by atoms with Crippen LogP contribution in [0.15, 0.2) is 60.8 Å². The van der Waals surface area contributed by atoms with Crippen LogP contribution in [0.2, 0.25) is 0 Å². The zero-order chi connectivity index (χ0) is 19.5. The molecule has 0 fully saturated rings. The highest BCUT2D eigenvalue weighted by atomic mass is 19.1. The summed E-state index contributed by atoms with van der Waals surface area (Å²) in [4.78, 5) is 12.7. The van der Waals surface area contributed by atoms with Gasteiger partial charge in [0, 0.05) is 23.3 Å². The van der Waals surface area contributed by atoms with Crippen molar-refractivity contribution in [2.75, 3.05) is 11.9 Å². The zero-order valence-corrected chi connectivity index (χ0v) is 15.1. The fourth-order valence-corrected chi connectivity index (χ4v) is 2.85. The van der Waals surface area contributed by atoms with E-state index in [4.69, 9.17) is 4.74 Å². The number of pyridine rings is 1. The second-order valence-corrected chi connectivity index (χ2v) is 6.02. The number of nitrogens with zero attached hydrogens (tertiary/aromatic N) is 3. The maximum Gasteiger partial charge on any atom is 0.223 e. The minimum atomic E-state index is -0.643. The van der Waals surface area contributed by atoms with Gasteiger partial charge < -0.3 is 15.2 Å². The van der Waals surface area contributed by atoms with Crippen molar-refractivity contribution in [3.8, 4) is 22.9 Å². The number of hydrogen-bond acceptors (Lipinski definition) is 6. The minimum Gasteiger partial charge on any atom is -0.508 e. The molecule has 2 aromatic carbocycles. The molecule has 0 bridgehead atoms. The first-order valence-corrected chi connectivity index (χ1v) is 8.75. The fraction of sp³-hybridized carbons (Fsp3) is 0.0952. The van der Waals surface area contributed by atoms with E-state index in [1.807, 2.05) is 13.0 Å². The molecule has 0 radical (unpaired) electrons. The summed E-state index contributed by atoms with van der Waals surface area (Å²) in [7, 11) is 0. The van der Waals surface area contributed by atoms with Crippen LogP contribution in [-0.4, -0.2) is 26.7 Å². The molecule has 0 atom stereocenters. The van der Waals surface area contributed by atoms with Gasteiger partial charge in [-0.15, -0.1) is 0 Å². The van der Waals surface area contributed by atoms with Crippen LogP contribution in [0.25, 0.3) is 22.3 Å². The summed E-state index contributed by atoms with van der Waals surface area (Å²) in [6, 6.07) is 15.3.